The van der Waals surface area contributed by atoms with E-state index in [1.807, 2.05) is 13.0 Å². The number of nitrogens with zero attached hydrogens (tertiary/aromatic N) is 1. The van der Waals surface area contributed by atoms with Gasteiger partial charge in [0.1, 0.15) is 0 Å². The molecule has 6 heteroatoms. The second-order valence-electron chi connectivity index (χ2n) is 6.03. The molecule has 0 bridgehead atoms. The predicted octanol–water partition coefficient (Wildman–Crippen LogP) is 4.24. The SMILES string of the molecule is CC1CC(C)C(C)N(S(=O)(=O)c2cc(CCl)ccc2Br)C1. The largest absolute Gasteiger partial charge is 0.244 e. The average molecular weight is 395 g/mol. The first-order valence-electron chi connectivity index (χ1n) is 7.13. The van der Waals surface area contributed by atoms with Gasteiger partial charge in [-0.15, -0.1) is 11.6 Å². The molecule has 0 spiro atoms. The number of halogens is 2. The second kappa shape index (κ2) is 6.57. The normalized spacial score (nSPS) is 27.8. The smallest absolute Gasteiger partial charge is 0.207 e. The van der Waals surface area contributed by atoms with E-state index in [0.717, 1.165) is 12.0 Å². The van der Waals surface area contributed by atoms with Crippen LogP contribution in [0.15, 0.2) is 27.6 Å². The van der Waals surface area contributed by atoms with Crippen LogP contribution in [0.1, 0.15) is 32.8 Å². The van der Waals surface area contributed by atoms with Crippen LogP contribution in [-0.4, -0.2) is 25.3 Å². The van der Waals surface area contributed by atoms with Crippen LogP contribution in [0, 0.1) is 11.8 Å². The summed E-state index contributed by atoms with van der Waals surface area (Å²) in [6.45, 7) is 6.79. The van der Waals surface area contributed by atoms with E-state index in [-0.39, 0.29) is 6.04 Å². The van der Waals surface area contributed by atoms with Crippen molar-refractivity contribution in [3.05, 3.63) is 28.2 Å². The Balaban J connectivity index is 2.46. The summed E-state index contributed by atoms with van der Waals surface area (Å²) in [7, 11) is -3.51. The highest BCUT2D eigenvalue weighted by molar-refractivity contribution is 9.10. The fourth-order valence-corrected chi connectivity index (χ4v) is 5.93. The van der Waals surface area contributed by atoms with Crippen LogP contribution in [0.4, 0.5) is 0 Å². The standard InChI is InChI=1S/C15H21BrClNO2S/c1-10-6-11(2)12(3)18(9-10)21(19,20)15-7-13(8-17)4-5-14(15)16/h4-5,7,10-12H,6,8-9H2,1-3H3. The molecule has 0 amide bonds. The van der Waals surface area contributed by atoms with E-state index in [9.17, 15) is 8.42 Å². The summed E-state index contributed by atoms with van der Waals surface area (Å²) >= 11 is 9.20. The van der Waals surface area contributed by atoms with Gasteiger partial charge < -0.3 is 0 Å². The summed E-state index contributed by atoms with van der Waals surface area (Å²) in [5.41, 5.74) is 0.809. The minimum Gasteiger partial charge on any atom is -0.207 e. The molecule has 118 valence electrons. The van der Waals surface area contributed by atoms with Gasteiger partial charge in [-0.05, 0) is 58.8 Å². The molecule has 1 saturated heterocycles. The molecule has 0 N–H and O–H groups in total. The van der Waals surface area contributed by atoms with Crippen molar-refractivity contribution in [3.63, 3.8) is 0 Å². The number of hydrogen-bond acceptors (Lipinski definition) is 2. The van der Waals surface area contributed by atoms with Gasteiger partial charge in [-0.25, -0.2) is 8.42 Å². The first-order chi connectivity index (χ1) is 9.77. The molecule has 1 aromatic carbocycles. The van der Waals surface area contributed by atoms with Crippen LogP contribution in [0.3, 0.4) is 0 Å². The predicted molar refractivity (Wildman–Crippen MR) is 90.0 cm³/mol. The van der Waals surface area contributed by atoms with Gasteiger partial charge in [0.05, 0.1) is 4.90 Å². The Hall–Kier alpha value is -0.100. The molecule has 1 fully saturated rings. The molecule has 0 aliphatic carbocycles. The lowest BCUT2D eigenvalue weighted by atomic mass is 9.88. The lowest BCUT2D eigenvalue weighted by molar-refractivity contribution is 0.157. The number of alkyl halides is 1. The second-order valence-corrected chi connectivity index (χ2v) is 9.01. The molecular weight excluding hydrogens is 374 g/mol. The Morgan fingerprint density at radius 2 is 2.00 bits per heavy atom. The Labute approximate surface area is 140 Å². The zero-order chi connectivity index (χ0) is 15.8. The van der Waals surface area contributed by atoms with Crippen molar-refractivity contribution in [1.29, 1.82) is 0 Å². The van der Waals surface area contributed by atoms with Gasteiger partial charge in [-0.2, -0.15) is 4.31 Å². The first kappa shape index (κ1) is 17.3. The van der Waals surface area contributed by atoms with Gasteiger partial charge in [0, 0.05) is 22.9 Å². The molecule has 3 unspecified atom stereocenters. The molecule has 0 radical (unpaired) electrons. The number of piperidine rings is 1. The van der Waals surface area contributed by atoms with Crippen LogP contribution < -0.4 is 0 Å². The van der Waals surface area contributed by atoms with Gasteiger partial charge in [-0.3, -0.25) is 0 Å². The molecule has 3 atom stereocenters. The zero-order valence-electron chi connectivity index (χ0n) is 12.5. The van der Waals surface area contributed by atoms with Gasteiger partial charge in [0.25, 0.3) is 0 Å². The highest BCUT2D eigenvalue weighted by atomic mass is 79.9. The van der Waals surface area contributed by atoms with Gasteiger partial charge in [0.2, 0.25) is 10.0 Å². The first-order valence-corrected chi connectivity index (χ1v) is 9.90. The average Bonchev–Trinajstić information content (AvgIpc) is 2.43. The summed E-state index contributed by atoms with van der Waals surface area (Å²) < 4.78 is 28.3. The van der Waals surface area contributed by atoms with Gasteiger partial charge in [0.15, 0.2) is 0 Å². The summed E-state index contributed by atoms with van der Waals surface area (Å²) in [6.07, 6.45) is 1.07. The minimum absolute atomic E-state index is 0.0118. The lowest BCUT2D eigenvalue weighted by Gasteiger charge is -2.40. The van der Waals surface area contributed by atoms with E-state index in [4.69, 9.17) is 11.6 Å². The molecule has 2 rings (SSSR count). The zero-order valence-corrected chi connectivity index (χ0v) is 15.7. The molecule has 21 heavy (non-hydrogen) atoms. The van der Waals surface area contributed by atoms with E-state index >= 15 is 0 Å². The Bertz CT molecular complexity index is 620. The molecule has 1 aromatic rings. The summed E-state index contributed by atoms with van der Waals surface area (Å²) in [6, 6.07) is 5.27. The van der Waals surface area contributed by atoms with Gasteiger partial charge in [-0.1, -0.05) is 19.9 Å². The van der Waals surface area contributed by atoms with E-state index in [2.05, 4.69) is 29.8 Å². The Kier molecular flexibility index (Phi) is 5.40. The Morgan fingerprint density at radius 1 is 1.33 bits per heavy atom. The van der Waals surface area contributed by atoms with E-state index in [0.29, 0.717) is 33.6 Å². The molecule has 1 heterocycles. The minimum atomic E-state index is -3.51. The summed E-state index contributed by atoms with van der Waals surface area (Å²) in [4.78, 5) is 0.314. The maximum Gasteiger partial charge on any atom is 0.244 e. The molecule has 0 saturated carbocycles. The number of hydrogen-bond donors (Lipinski definition) is 0. The van der Waals surface area contributed by atoms with Crippen molar-refractivity contribution in [2.24, 2.45) is 11.8 Å². The van der Waals surface area contributed by atoms with Crippen molar-refractivity contribution in [3.8, 4) is 0 Å². The number of sulfonamides is 1. The van der Waals surface area contributed by atoms with E-state index < -0.39 is 10.0 Å². The summed E-state index contributed by atoms with van der Waals surface area (Å²) in [5, 5.41) is 0. The molecule has 0 aromatic heterocycles. The fourth-order valence-electron chi connectivity index (χ4n) is 2.94. The molecule has 1 aliphatic heterocycles. The fraction of sp³-hybridized carbons (Fsp3) is 0.600. The van der Waals surface area contributed by atoms with Crippen molar-refractivity contribution >= 4 is 37.6 Å². The third kappa shape index (κ3) is 3.46. The molecular formula is C15H21BrClNO2S. The van der Waals surface area contributed by atoms with E-state index in [1.165, 1.54) is 0 Å². The number of rotatable bonds is 3. The topological polar surface area (TPSA) is 37.4 Å². The number of benzene rings is 1. The van der Waals surface area contributed by atoms with Crippen molar-refractivity contribution in [2.75, 3.05) is 6.54 Å². The summed E-state index contributed by atoms with van der Waals surface area (Å²) in [5.74, 6) is 1.04. The third-order valence-electron chi connectivity index (χ3n) is 4.28. The molecule has 1 aliphatic rings. The van der Waals surface area contributed by atoms with Crippen LogP contribution in [0.25, 0.3) is 0 Å². The lowest BCUT2D eigenvalue weighted by Crippen LogP contribution is -2.48. The van der Waals surface area contributed by atoms with Crippen molar-refractivity contribution in [2.45, 2.75) is 44.0 Å². The molecule has 3 nitrogen and oxygen atoms in total. The van der Waals surface area contributed by atoms with Crippen LogP contribution in [0.2, 0.25) is 0 Å². The van der Waals surface area contributed by atoms with Crippen molar-refractivity contribution < 1.29 is 8.42 Å². The maximum atomic E-state index is 13.0. The van der Waals surface area contributed by atoms with Crippen LogP contribution in [-0.2, 0) is 15.9 Å². The Morgan fingerprint density at radius 3 is 2.62 bits per heavy atom. The third-order valence-corrected chi connectivity index (χ3v) is 7.54. The highest BCUT2D eigenvalue weighted by Gasteiger charge is 2.37. The van der Waals surface area contributed by atoms with Crippen LogP contribution in [0.5, 0.6) is 0 Å². The maximum absolute atomic E-state index is 13.0. The van der Waals surface area contributed by atoms with Crippen LogP contribution >= 0.6 is 27.5 Å². The monoisotopic (exact) mass is 393 g/mol. The van der Waals surface area contributed by atoms with Crippen molar-refractivity contribution in [1.82, 2.24) is 4.31 Å². The van der Waals surface area contributed by atoms with Gasteiger partial charge >= 0.3 is 0 Å². The van der Waals surface area contributed by atoms with E-state index in [1.54, 1.807) is 16.4 Å². The quantitative estimate of drug-likeness (QED) is 0.719. The highest BCUT2D eigenvalue weighted by Crippen LogP contribution is 2.34.